The largest absolute Gasteiger partial charge is 0.610 e. The molecule has 2 aromatic heterocycles. The van der Waals surface area contributed by atoms with Gasteiger partial charge in [0.25, 0.3) is 5.03 Å². The number of nitrogens with two attached hydrogens (primary N) is 1. The van der Waals surface area contributed by atoms with E-state index in [9.17, 15) is 8.94 Å². The van der Waals surface area contributed by atoms with Crippen molar-refractivity contribution in [3.63, 3.8) is 0 Å². The van der Waals surface area contributed by atoms with E-state index in [1.807, 2.05) is 6.07 Å². The minimum absolute atomic E-state index is 0.0160. The molecule has 162 valence electrons. The molecule has 4 rings (SSSR count). The van der Waals surface area contributed by atoms with Gasteiger partial charge in [-0.1, -0.05) is 6.07 Å². The highest BCUT2D eigenvalue weighted by atomic mass is 32.2. The summed E-state index contributed by atoms with van der Waals surface area (Å²) in [4.78, 5) is 14.7. The van der Waals surface area contributed by atoms with Gasteiger partial charge < -0.3 is 20.3 Å². The Labute approximate surface area is 183 Å². The van der Waals surface area contributed by atoms with Crippen LogP contribution in [0, 0.1) is 5.82 Å². The summed E-state index contributed by atoms with van der Waals surface area (Å²) in [6.07, 6.45) is 5.97. The van der Waals surface area contributed by atoms with E-state index >= 15 is 0 Å². The van der Waals surface area contributed by atoms with E-state index in [0.29, 0.717) is 34.0 Å². The molecular formula is C22H24FN5O2S. The van der Waals surface area contributed by atoms with Crippen LogP contribution in [0.2, 0.25) is 0 Å². The van der Waals surface area contributed by atoms with Gasteiger partial charge in [-0.3, -0.25) is 4.98 Å². The standard InChI is InChI=1S/C22H24FN5O2S/c23-19-12-15(3-4-18(19)20-13-27-21(24)14-26-20)17-2-1-7-25-22(17)31(30)16-5-8-28(9-6-16)10-11-29/h1-4,7,12-14,16,29H,5-6,8-11H2,(H2,24,27). The summed E-state index contributed by atoms with van der Waals surface area (Å²) in [5.74, 6) is -0.181. The number of aliphatic hydroxyl groups excluding tert-OH is 1. The normalized spacial score (nSPS) is 16.4. The Bertz CT molecular complexity index is 1030. The van der Waals surface area contributed by atoms with Crippen molar-refractivity contribution in [3.05, 3.63) is 54.7 Å². The number of hydrogen-bond donors (Lipinski definition) is 2. The predicted molar refractivity (Wildman–Crippen MR) is 118 cm³/mol. The summed E-state index contributed by atoms with van der Waals surface area (Å²) in [5.41, 5.74) is 7.53. The van der Waals surface area contributed by atoms with Crippen LogP contribution >= 0.6 is 0 Å². The van der Waals surface area contributed by atoms with Crippen LogP contribution in [0.5, 0.6) is 0 Å². The SMILES string of the molecule is Nc1cnc(-c2ccc(-c3cccnc3[S+]([O-])C3CCN(CCO)CC3)cc2F)cn1. The van der Waals surface area contributed by atoms with Crippen molar-refractivity contribution in [2.24, 2.45) is 0 Å². The second-order valence-electron chi connectivity index (χ2n) is 7.44. The number of rotatable bonds is 6. The average Bonchev–Trinajstić information content (AvgIpc) is 2.80. The third-order valence-electron chi connectivity index (χ3n) is 5.44. The van der Waals surface area contributed by atoms with Crippen molar-refractivity contribution < 1.29 is 14.0 Å². The van der Waals surface area contributed by atoms with Gasteiger partial charge in [0.1, 0.15) is 16.9 Å². The van der Waals surface area contributed by atoms with Gasteiger partial charge in [-0.2, -0.15) is 0 Å². The first kappa shape index (κ1) is 21.6. The molecule has 7 nitrogen and oxygen atoms in total. The molecule has 9 heteroatoms. The lowest BCUT2D eigenvalue weighted by molar-refractivity contribution is 0.174. The minimum Gasteiger partial charge on any atom is -0.610 e. The van der Waals surface area contributed by atoms with Crippen molar-refractivity contribution >= 4 is 17.0 Å². The fourth-order valence-corrected chi connectivity index (χ4v) is 5.31. The second-order valence-corrected chi connectivity index (χ2v) is 9.09. The highest BCUT2D eigenvalue weighted by Crippen LogP contribution is 2.33. The topological polar surface area (TPSA) is 111 Å². The Kier molecular flexibility index (Phi) is 6.77. The van der Waals surface area contributed by atoms with Crippen LogP contribution in [0.15, 0.2) is 53.9 Å². The van der Waals surface area contributed by atoms with E-state index < -0.39 is 17.0 Å². The number of benzene rings is 1. The van der Waals surface area contributed by atoms with Gasteiger partial charge in [0.05, 0.1) is 30.3 Å². The van der Waals surface area contributed by atoms with Crippen LogP contribution in [0.3, 0.4) is 0 Å². The smallest absolute Gasteiger partial charge is 0.252 e. The molecule has 1 unspecified atom stereocenters. The van der Waals surface area contributed by atoms with Crippen molar-refractivity contribution in [2.75, 3.05) is 32.0 Å². The third-order valence-corrected chi connectivity index (χ3v) is 7.23. The molecule has 1 atom stereocenters. The number of halogens is 1. The number of aliphatic hydroxyl groups is 1. The first-order valence-corrected chi connectivity index (χ1v) is 11.3. The number of β-amino-alcohol motifs (C(OH)–C–C–N with tert-alkyl or cyclic N) is 1. The summed E-state index contributed by atoms with van der Waals surface area (Å²) < 4.78 is 28.2. The molecular weight excluding hydrogens is 417 g/mol. The summed E-state index contributed by atoms with van der Waals surface area (Å²) in [7, 11) is 0. The first-order chi connectivity index (χ1) is 15.1. The summed E-state index contributed by atoms with van der Waals surface area (Å²) >= 11 is -1.31. The molecule has 1 aliphatic rings. The Balaban J connectivity index is 1.58. The van der Waals surface area contributed by atoms with Crippen molar-refractivity contribution in [2.45, 2.75) is 23.1 Å². The number of likely N-dealkylation sites (tertiary alicyclic amines) is 1. The number of nitrogen functional groups attached to an aromatic ring is 1. The Hall–Kier alpha value is -2.59. The number of piperidine rings is 1. The van der Waals surface area contributed by atoms with Crippen LogP contribution in [0.25, 0.3) is 22.4 Å². The fourth-order valence-electron chi connectivity index (χ4n) is 3.78. The van der Waals surface area contributed by atoms with Gasteiger partial charge in [-0.15, -0.1) is 0 Å². The van der Waals surface area contributed by atoms with Gasteiger partial charge in [-0.25, -0.2) is 14.4 Å². The number of aromatic nitrogens is 3. The molecule has 0 amide bonds. The molecule has 0 aliphatic carbocycles. The van der Waals surface area contributed by atoms with Crippen LogP contribution in [-0.2, 0) is 11.2 Å². The number of nitrogens with zero attached hydrogens (tertiary/aromatic N) is 4. The number of hydrogen-bond acceptors (Lipinski definition) is 7. The highest BCUT2D eigenvalue weighted by Gasteiger charge is 2.32. The maximum absolute atomic E-state index is 14.9. The summed E-state index contributed by atoms with van der Waals surface area (Å²) in [6, 6.07) is 8.40. The summed E-state index contributed by atoms with van der Waals surface area (Å²) in [6.45, 7) is 2.36. The number of pyridine rings is 1. The van der Waals surface area contributed by atoms with Crippen LogP contribution < -0.4 is 5.73 Å². The zero-order valence-electron chi connectivity index (χ0n) is 16.9. The molecule has 0 saturated carbocycles. The minimum atomic E-state index is -1.31. The van der Waals surface area contributed by atoms with Crippen molar-refractivity contribution in [3.8, 4) is 22.4 Å². The molecule has 1 aliphatic heterocycles. The molecule has 31 heavy (non-hydrogen) atoms. The monoisotopic (exact) mass is 441 g/mol. The Morgan fingerprint density at radius 2 is 1.94 bits per heavy atom. The van der Waals surface area contributed by atoms with E-state index in [0.717, 1.165) is 25.9 Å². The predicted octanol–water partition coefficient (Wildman–Crippen LogP) is 2.49. The zero-order valence-corrected chi connectivity index (χ0v) is 17.8. The maximum Gasteiger partial charge on any atom is 0.252 e. The third kappa shape index (κ3) is 4.85. The van der Waals surface area contributed by atoms with Crippen LogP contribution in [0.4, 0.5) is 10.2 Å². The molecule has 0 bridgehead atoms. The van der Waals surface area contributed by atoms with Gasteiger partial charge in [0.2, 0.25) is 0 Å². The molecule has 1 aromatic carbocycles. The lowest BCUT2D eigenvalue weighted by Gasteiger charge is -2.32. The Morgan fingerprint density at radius 3 is 2.61 bits per heavy atom. The van der Waals surface area contributed by atoms with Gasteiger partial charge in [-0.05, 0) is 29.8 Å². The molecule has 3 N–H and O–H groups in total. The van der Waals surface area contributed by atoms with Crippen LogP contribution in [0.1, 0.15) is 12.8 Å². The molecule has 0 spiro atoms. The maximum atomic E-state index is 14.9. The van der Waals surface area contributed by atoms with Crippen molar-refractivity contribution in [1.29, 1.82) is 0 Å². The van der Waals surface area contributed by atoms with Crippen LogP contribution in [-0.4, -0.2) is 61.0 Å². The van der Waals surface area contributed by atoms with Gasteiger partial charge >= 0.3 is 0 Å². The quantitative estimate of drug-likeness (QED) is 0.565. The van der Waals surface area contributed by atoms with E-state index in [1.165, 1.54) is 18.5 Å². The molecule has 1 saturated heterocycles. The summed E-state index contributed by atoms with van der Waals surface area (Å²) in [5, 5.41) is 9.56. The highest BCUT2D eigenvalue weighted by molar-refractivity contribution is 7.92. The lowest BCUT2D eigenvalue weighted by Crippen LogP contribution is -2.40. The van der Waals surface area contributed by atoms with E-state index in [4.69, 9.17) is 10.8 Å². The van der Waals surface area contributed by atoms with Gasteiger partial charge in [0.15, 0.2) is 0 Å². The fraction of sp³-hybridized carbons (Fsp3) is 0.318. The molecule has 3 aromatic rings. The van der Waals surface area contributed by atoms with Gasteiger partial charge in [0, 0.05) is 55.4 Å². The second kappa shape index (κ2) is 9.69. The molecule has 1 fully saturated rings. The van der Waals surface area contributed by atoms with E-state index in [1.54, 1.807) is 24.4 Å². The lowest BCUT2D eigenvalue weighted by atomic mass is 10.0. The Morgan fingerprint density at radius 1 is 1.13 bits per heavy atom. The average molecular weight is 442 g/mol. The molecule has 3 heterocycles. The zero-order chi connectivity index (χ0) is 21.8. The first-order valence-electron chi connectivity index (χ1n) is 10.1. The van der Waals surface area contributed by atoms with E-state index in [2.05, 4.69) is 19.9 Å². The van der Waals surface area contributed by atoms with Crippen molar-refractivity contribution in [1.82, 2.24) is 19.9 Å². The number of anilines is 1. The van der Waals surface area contributed by atoms with E-state index in [-0.39, 0.29) is 17.7 Å². The molecule has 0 radical (unpaired) electrons.